The number of allylic oxidation sites excluding steroid dienone is 8. The van der Waals surface area contributed by atoms with Crippen LogP contribution in [-0.2, 0) is 4.79 Å². The monoisotopic (exact) mass is 318 g/mol. The zero-order chi connectivity index (χ0) is 17.2. The molecule has 0 aliphatic heterocycles. The summed E-state index contributed by atoms with van der Waals surface area (Å²) in [5.41, 5.74) is 0. The molecule has 0 aliphatic rings. The minimum Gasteiger partial charge on any atom is -0.508 e. The van der Waals surface area contributed by atoms with Gasteiger partial charge in [0.15, 0.2) is 0 Å². The van der Waals surface area contributed by atoms with Gasteiger partial charge in [-0.15, -0.1) is 0 Å². The first kappa shape index (κ1) is 21.0. The van der Waals surface area contributed by atoms with Crippen LogP contribution in [0.1, 0.15) is 58.3 Å². The number of rotatable bonds is 13. The Labute approximate surface area is 140 Å². The maximum absolute atomic E-state index is 10.2. The molecule has 0 atom stereocenters. The molecule has 0 aromatic heterocycles. The average Bonchev–Trinajstić information content (AvgIpc) is 2.51. The summed E-state index contributed by atoms with van der Waals surface area (Å²) in [6.07, 6.45) is 25.1. The quantitative estimate of drug-likeness (QED) is 0.193. The van der Waals surface area contributed by atoms with Crippen molar-refractivity contribution >= 4 is 5.97 Å². The summed E-state index contributed by atoms with van der Waals surface area (Å²) in [7, 11) is 0. The van der Waals surface area contributed by atoms with Crippen molar-refractivity contribution in [3.05, 3.63) is 60.4 Å². The lowest BCUT2D eigenvalue weighted by molar-refractivity contribution is -0.131. The second-order valence-electron chi connectivity index (χ2n) is 5.37. The van der Waals surface area contributed by atoms with Crippen LogP contribution in [0.15, 0.2) is 60.4 Å². The summed E-state index contributed by atoms with van der Waals surface area (Å²) >= 11 is 0. The molecule has 2 N–H and O–H groups in total. The second kappa shape index (κ2) is 16.3. The topological polar surface area (TPSA) is 57.5 Å². The SMILES string of the molecule is CCCCCCCCC/C=C/C=C\C=C\C(O)=C\C=C\C(=O)O. The van der Waals surface area contributed by atoms with Gasteiger partial charge in [0.05, 0.1) is 0 Å². The Hall–Kier alpha value is -2.03. The van der Waals surface area contributed by atoms with Crippen molar-refractivity contribution in [2.75, 3.05) is 0 Å². The Kier molecular flexibility index (Phi) is 14.9. The molecule has 0 aromatic rings. The normalized spacial score (nSPS) is 13.2. The van der Waals surface area contributed by atoms with Gasteiger partial charge in [0, 0.05) is 6.08 Å². The van der Waals surface area contributed by atoms with E-state index in [2.05, 4.69) is 13.0 Å². The van der Waals surface area contributed by atoms with Crippen LogP contribution in [0.25, 0.3) is 0 Å². The molecule has 0 heterocycles. The minimum atomic E-state index is -1.04. The molecule has 0 aromatic carbocycles. The maximum atomic E-state index is 10.2. The van der Waals surface area contributed by atoms with Gasteiger partial charge >= 0.3 is 5.97 Å². The fourth-order valence-electron chi connectivity index (χ4n) is 1.96. The van der Waals surface area contributed by atoms with Crippen molar-refractivity contribution in [3.8, 4) is 0 Å². The largest absolute Gasteiger partial charge is 0.508 e. The molecule has 0 amide bonds. The first-order valence-electron chi connectivity index (χ1n) is 8.47. The average molecular weight is 318 g/mol. The van der Waals surface area contributed by atoms with Gasteiger partial charge in [0.2, 0.25) is 0 Å². The fourth-order valence-corrected chi connectivity index (χ4v) is 1.96. The summed E-state index contributed by atoms with van der Waals surface area (Å²) in [6.45, 7) is 2.24. The van der Waals surface area contributed by atoms with E-state index in [1.54, 1.807) is 6.08 Å². The van der Waals surface area contributed by atoms with E-state index in [0.717, 1.165) is 12.5 Å². The molecule has 0 saturated heterocycles. The summed E-state index contributed by atoms with van der Waals surface area (Å²) in [4.78, 5) is 10.2. The summed E-state index contributed by atoms with van der Waals surface area (Å²) in [6, 6.07) is 0. The van der Waals surface area contributed by atoms with E-state index in [-0.39, 0.29) is 5.76 Å². The number of carbonyl (C=O) groups is 1. The summed E-state index contributed by atoms with van der Waals surface area (Å²) < 4.78 is 0. The number of carboxylic acid groups (broad SMARTS) is 1. The van der Waals surface area contributed by atoms with Gasteiger partial charge in [-0.05, 0) is 25.0 Å². The minimum absolute atomic E-state index is 0.0132. The number of unbranched alkanes of at least 4 members (excludes halogenated alkanes) is 7. The van der Waals surface area contributed by atoms with Crippen LogP contribution < -0.4 is 0 Å². The standard InChI is InChI=1S/C20H30O3/c1-2-3-4-5-6-7-8-9-10-11-12-13-14-16-19(21)17-15-18-20(22)23/h10-18,21H,2-9H2,1H3,(H,22,23)/b11-10+,13-12-,16-14+,18-15+,19-17-. The first-order valence-corrected chi connectivity index (χ1v) is 8.47. The van der Waals surface area contributed by atoms with Crippen molar-refractivity contribution < 1.29 is 15.0 Å². The third-order valence-corrected chi connectivity index (χ3v) is 3.22. The van der Waals surface area contributed by atoms with E-state index in [1.165, 1.54) is 63.2 Å². The number of aliphatic hydroxyl groups is 1. The highest BCUT2D eigenvalue weighted by Gasteiger charge is 1.88. The van der Waals surface area contributed by atoms with Crippen molar-refractivity contribution in [1.82, 2.24) is 0 Å². The molecule has 3 nitrogen and oxygen atoms in total. The van der Waals surface area contributed by atoms with Crippen LogP contribution in [0.4, 0.5) is 0 Å². The van der Waals surface area contributed by atoms with Gasteiger partial charge in [0.25, 0.3) is 0 Å². The van der Waals surface area contributed by atoms with Gasteiger partial charge in [-0.1, -0.05) is 81.9 Å². The van der Waals surface area contributed by atoms with Crippen LogP contribution in [0.2, 0.25) is 0 Å². The molecule has 23 heavy (non-hydrogen) atoms. The molecule has 0 spiro atoms. The Bertz CT molecular complexity index is 440. The Morgan fingerprint density at radius 3 is 2.13 bits per heavy atom. The van der Waals surface area contributed by atoms with Crippen molar-refractivity contribution in [2.45, 2.75) is 58.3 Å². The van der Waals surface area contributed by atoms with Crippen molar-refractivity contribution in [1.29, 1.82) is 0 Å². The van der Waals surface area contributed by atoms with E-state index in [9.17, 15) is 9.90 Å². The summed E-state index contributed by atoms with van der Waals surface area (Å²) in [5.74, 6) is -1.02. The van der Waals surface area contributed by atoms with E-state index >= 15 is 0 Å². The molecule has 3 heteroatoms. The van der Waals surface area contributed by atoms with E-state index in [4.69, 9.17) is 5.11 Å². The third kappa shape index (κ3) is 17.9. The Morgan fingerprint density at radius 2 is 1.43 bits per heavy atom. The number of aliphatic carboxylic acids is 1. The van der Waals surface area contributed by atoms with Gasteiger partial charge in [0.1, 0.15) is 5.76 Å². The molecule has 0 radical (unpaired) electrons. The highest BCUT2D eigenvalue weighted by atomic mass is 16.4. The predicted octanol–water partition coefficient (Wildman–Crippen LogP) is 5.88. The number of carboxylic acids is 1. The van der Waals surface area contributed by atoms with Crippen LogP contribution in [0, 0.1) is 0 Å². The first-order chi connectivity index (χ1) is 11.2. The van der Waals surface area contributed by atoms with Gasteiger partial charge in [-0.2, -0.15) is 0 Å². The van der Waals surface area contributed by atoms with Crippen LogP contribution >= 0.6 is 0 Å². The van der Waals surface area contributed by atoms with E-state index in [0.29, 0.717) is 0 Å². The lowest BCUT2D eigenvalue weighted by Gasteiger charge is -1.98. The Morgan fingerprint density at radius 1 is 0.783 bits per heavy atom. The lowest BCUT2D eigenvalue weighted by Crippen LogP contribution is -1.84. The van der Waals surface area contributed by atoms with Gasteiger partial charge in [-0.25, -0.2) is 4.79 Å². The van der Waals surface area contributed by atoms with Gasteiger partial charge < -0.3 is 10.2 Å². The fraction of sp³-hybridized carbons (Fsp3) is 0.450. The molecular weight excluding hydrogens is 288 g/mol. The molecule has 0 unspecified atom stereocenters. The smallest absolute Gasteiger partial charge is 0.328 e. The number of hydrogen-bond acceptors (Lipinski definition) is 2. The molecule has 0 fully saturated rings. The van der Waals surface area contributed by atoms with Crippen molar-refractivity contribution in [2.24, 2.45) is 0 Å². The van der Waals surface area contributed by atoms with Crippen LogP contribution in [-0.4, -0.2) is 16.2 Å². The molecular formula is C20H30O3. The second-order valence-corrected chi connectivity index (χ2v) is 5.37. The molecule has 128 valence electrons. The zero-order valence-corrected chi connectivity index (χ0v) is 14.2. The van der Waals surface area contributed by atoms with Gasteiger partial charge in [-0.3, -0.25) is 0 Å². The van der Waals surface area contributed by atoms with E-state index < -0.39 is 5.97 Å². The van der Waals surface area contributed by atoms with Crippen molar-refractivity contribution in [3.63, 3.8) is 0 Å². The van der Waals surface area contributed by atoms with Crippen LogP contribution in [0.5, 0.6) is 0 Å². The third-order valence-electron chi connectivity index (χ3n) is 3.22. The maximum Gasteiger partial charge on any atom is 0.328 e. The molecule has 0 aliphatic carbocycles. The predicted molar refractivity (Wildman–Crippen MR) is 97.5 cm³/mol. The lowest BCUT2D eigenvalue weighted by atomic mass is 10.1. The highest BCUT2D eigenvalue weighted by Crippen LogP contribution is 2.08. The molecule has 0 rings (SSSR count). The number of aliphatic hydroxyl groups excluding tert-OH is 1. The van der Waals surface area contributed by atoms with Crippen LogP contribution in [0.3, 0.4) is 0 Å². The van der Waals surface area contributed by atoms with E-state index in [1.807, 2.05) is 18.2 Å². The highest BCUT2D eigenvalue weighted by molar-refractivity contribution is 5.80. The molecule has 0 saturated carbocycles. The summed E-state index contributed by atoms with van der Waals surface area (Å²) in [5, 5.41) is 17.8. The Balaban J connectivity index is 3.68. The number of hydrogen-bond donors (Lipinski definition) is 2. The zero-order valence-electron chi connectivity index (χ0n) is 14.2. The molecule has 0 bridgehead atoms.